The highest BCUT2D eigenvalue weighted by atomic mass is 35.5. The van der Waals surface area contributed by atoms with Crippen molar-refractivity contribution in [1.82, 2.24) is 5.32 Å². The Morgan fingerprint density at radius 3 is 2.83 bits per heavy atom. The van der Waals surface area contributed by atoms with Crippen molar-refractivity contribution in [2.75, 3.05) is 24.2 Å². The van der Waals surface area contributed by atoms with Crippen molar-refractivity contribution in [2.24, 2.45) is 0 Å². The molecule has 0 fully saturated rings. The Kier molecular flexibility index (Phi) is 8.22. The van der Waals surface area contributed by atoms with Crippen molar-refractivity contribution in [1.29, 1.82) is 0 Å². The van der Waals surface area contributed by atoms with Gasteiger partial charge in [-0.2, -0.15) is 11.8 Å². The summed E-state index contributed by atoms with van der Waals surface area (Å²) in [6.07, 6.45) is 0. The summed E-state index contributed by atoms with van der Waals surface area (Å²) < 4.78 is 5.57. The van der Waals surface area contributed by atoms with Crippen LogP contribution in [-0.4, -0.2) is 24.0 Å². The number of halogens is 1. The number of rotatable bonds is 8. The maximum absolute atomic E-state index is 5.98. The fourth-order valence-corrected chi connectivity index (χ4v) is 3.30. The molecule has 0 unspecified atom stereocenters. The van der Waals surface area contributed by atoms with E-state index < -0.39 is 0 Å². The van der Waals surface area contributed by atoms with Gasteiger partial charge in [0, 0.05) is 23.1 Å². The van der Waals surface area contributed by atoms with Crippen LogP contribution in [0.1, 0.15) is 12.5 Å². The predicted octanol–water partition coefficient (Wildman–Crippen LogP) is 4.96. The summed E-state index contributed by atoms with van der Waals surface area (Å²) in [7, 11) is 0. The van der Waals surface area contributed by atoms with E-state index >= 15 is 0 Å². The standard InChI is InChI=1S/C18H21ClN2OS2/c1-2-22-17-9-4-3-8-16(17)21-18(23)20-10-11-24-13-14-6-5-7-15(19)12-14/h3-9,12H,2,10-11,13H2,1H3,(H2,20,21,23). The Balaban J connectivity index is 1.68. The summed E-state index contributed by atoms with van der Waals surface area (Å²) >= 11 is 13.2. The molecule has 0 amide bonds. The fraction of sp³-hybridized carbons (Fsp3) is 0.278. The van der Waals surface area contributed by atoms with Crippen molar-refractivity contribution in [2.45, 2.75) is 12.7 Å². The average molecular weight is 381 g/mol. The molecule has 0 aromatic heterocycles. The van der Waals surface area contributed by atoms with Gasteiger partial charge in [0.2, 0.25) is 0 Å². The van der Waals surface area contributed by atoms with Crippen LogP contribution in [0.25, 0.3) is 0 Å². The van der Waals surface area contributed by atoms with Crippen LogP contribution >= 0.6 is 35.6 Å². The van der Waals surface area contributed by atoms with Gasteiger partial charge in [-0.3, -0.25) is 0 Å². The van der Waals surface area contributed by atoms with E-state index in [9.17, 15) is 0 Å². The predicted molar refractivity (Wildman–Crippen MR) is 109 cm³/mol. The Morgan fingerprint density at radius 2 is 2.04 bits per heavy atom. The van der Waals surface area contributed by atoms with Gasteiger partial charge < -0.3 is 15.4 Å². The lowest BCUT2D eigenvalue weighted by molar-refractivity contribution is 0.342. The second-order valence-electron chi connectivity index (χ2n) is 4.99. The molecule has 0 atom stereocenters. The number of nitrogens with one attached hydrogen (secondary N) is 2. The largest absolute Gasteiger partial charge is 0.492 e. The molecule has 0 aliphatic carbocycles. The number of thiocarbonyl (C=S) groups is 1. The first kappa shape index (κ1) is 18.9. The average Bonchev–Trinajstić information content (AvgIpc) is 2.57. The fourth-order valence-electron chi connectivity index (χ4n) is 2.07. The minimum Gasteiger partial charge on any atom is -0.492 e. The quantitative estimate of drug-likeness (QED) is 0.499. The van der Waals surface area contributed by atoms with E-state index in [0.717, 1.165) is 34.5 Å². The Morgan fingerprint density at radius 1 is 1.21 bits per heavy atom. The molecule has 0 saturated heterocycles. The number of ether oxygens (including phenoxy) is 1. The van der Waals surface area contributed by atoms with E-state index in [2.05, 4.69) is 16.7 Å². The van der Waals surface area contributed by atoms with Crippen molar-refractivity contribution < 1.29 is 4.74 Å². The molecule has 0 aliphatic rings. The van der Waals surface area contributed by atoms with E-state index in [0.29, 0.717) is 11.7 Å². The molecule has 24 heavy (non-hydrogen) atoms. The highest BCUT2D eigenvalue weighted by molar-refractivity contribution is 7.98. The Hall–Kier alpha value is -1.43. The number of hydrogen-bond donors (Lipinski definition) is 2. The second-order valence-corrected chi connectivity index (χ2v) is 6.94. The highest BCUT2D eigenvalue weighted by Gasteiger charge is 2.04. The van der Waals surface area contributed by atoms with Gasteiger partial charge in [-0.25, -0.2) is 0 Å². The monoisotopic (exact) mass is 380 g/mol. The van der Waals surface area contributed by atoms with Gasteiger partial charge in [0.1, 0.15) is 5.75 Å². The molecule has 6 heteroatoms. The van der Waals surface area contributed by atoms with E-state index in [-0.39, 0.29) is 0 Å². The van der Waals surface area contributed by atoms with Crippen LogP contribution in [0.4, 0.5) is 5.69 Å². The molecule has 0 spiro atoms. The summed E-state index contributed by atoms with van der Waals surface area (Å²) in [4.78, 5) is 0. The van der Waals surface area contributed by atoms with Crippen LogP contribution in [0.15, 0.2) is 48.5 Å². The third kappa shape index (κ3) is 6.59. The van der Waals surface area contributed by atoms with E-state index in [1.54, 1.807) is 0 Å². The van der Waals surface area contributed by atoms with Crippen LogP contribution in [0, 0.1) is 0 Å². The van der Waals surface area contributed by atoms with Crippen LogP contribution in [0.2, 0.25) is 5.02 Å². The van der Waals surface area contributed by atoms with Crippen LogP contribution < -0.4 is 15.4 Å². The van der Waals surface area contributed by atoms with Gasteiger partial charge in [-0.1, -0.05) is 35.9 Å². The van der Waals surface area contributed by atoms with Crippen molar-refractivity contribution in [3.8, 4) is 5.75 Å². The van der Waals surface area contributed by atoms with Gasteiger partial charge in [0.05, 0.1) is 12.3 Å². The summed E-state index contributed by atoms with van der Waals surface area (Å²) in [5.41, 5.74) is 2.11. The SMILES string of the molecule is CCOc1ccccc1NC(=S)NCCSCc1cccc(Cl)c1. The minimum absolute atomic E-state index is 0.602. The van der Waals surface area contributed by atoms with Crippen molar-refractivity contribution in [3.05, 3.63) is 59.1 Å². The molecule has 128 valence electrons. The lowest BCUT2D eigenvalue weighted by atomic mass is 10.2. The van der Waals surface area contributed by atoms with Gasteiger partial charge in [-0.05, 0) is 49.0 Å². The Bertz CT molecular complexity index is 667. The molecule has 2 aromatic carbocycles. The van der Waals surface area contributed by atoms with Gasteiger partial charge in [0.15, 0.2) is 5.11 Å². The molecule has 0 radical (unpaired) electrons. The molecular weight excluding hydrogens is 360 g/mol. The van der Waals surface area contributed by atoms with Gasteiger partial charge in [-0.15, -0.1) is 0 Å². The Labute approximate surface area is 158 Å². The number of para-hydroxylation sites is 2. The van der Waals surface area contributed by atoms with E-state index in [4.69, 9.17) is 28.6 Å². The molecule has 0 aliphatic heterocycles. The molecule has 0 bridgehead atoms. The number of benzene rings is 2. The first-order valence-electron chi connectivity index (χ1n) is 7.78. The topological polar surface area (TPSA) is 33.3 Å². The second kappa shape index (κ2) is 10.4. The number of hydrogen-bond acceptors (Lipinski definition) is 3. The smallest absolute Gasteiger partial charge is 0.170 e. The molecule has 2 aromatic rings. The molecule has 0 saturated carbocycles. The molecular formula is C18H21ClN2OS2. The van der Waals surface area contributed by atoms with Gasteiger partial charge in [0.25, 0.3) is 0 Å². The van der Waals surface area contributed by atoms with Crippen molar-refractivity contribution >= 4 is 46.4 Å². The first-order valence-corrected chi connectivity index (χ1v) is 9.72. The number of anilines is 1. The zero-order valence-electron chi connectivity index (χ0n) is 13.5. The van der Waals surface area contributed by atoms with E-state index in [1.165, 1.54) is 5.56 Å². The summed E-state index contributed by atoms with van der Waals surface area (Å²) in [6, 6.07) is 15.7. The lowest BCUT2D eigenvalue weighted by Crippen LogP contribution is -2.30. The minimum atomic E-state index is 0.602. The molecule has 0 heterocycles. The lowest BCUT2D eigenvalue weighted by Gasteiger charge is -2.14. The maximum Gasteiger partial charge on any atom is 0.170 e. The van der Waals surface area contributed by atoms with E-state index in [1.807, 2.05) is 61.2 Å². The van der Waals surface area contributed by atoms with Crippen LogP contribution in [0.3, 0.4) is 0 Å². The zero-order valence-corrected chi connectivity index (χ0v) is 15.9. The van der Waals surface area contributed by atoms with Crippen molar-refractivity contribution in [3.63, 3.8) is 0 Å². The summed E-state index contributed by atoms with van der Waals surface area (Å²) in [5.74, 6) is 2.70. The van der Waals surface area contributed by atoms with Crippen LogP contribution in [-0.2, 0) is 5.75 Å². The summed E-state index contributed by atoms with van der Waals surface area (Å²) in [6.45, 7) is 3.39. The van der Waals surface area contributed by atoms with Crippen LogP contribution in [0.5, 0.6) is 5.75 Å². The summed E-state index contributed by atoms with van der Waals surface area (Å²) in [5, 5.41) is 7.78. The first-order chi connectivity index (χ1) is 11.7. The normalized spacial score (nSPS) is 10.2. The van der Waals surface area contributed by atoms with Gasteiger partial charge >= 0.3 is 0 Å². The molecule has 3 nitrogen and oxygen atoms in total. The highest BCUT2D eigenvalue weighted by Crippen LogP contribution is 2.23. The third-order valence-corrected chi connectivity index (χ3v) is 4.64. The molecule has 2 N–H and O–H groups in total. The maximum atomic E-state index is 5.98. The third-order valence-electron chi connectivity index (χ3n) is 3.12. The molecule has 2 rings (SSSR count). The number of thioether (sulfide) groups is 1. The zero-order chi connectivity index (χ0) is 17.2.